The molecule has 6 heteroatoms. The van der Waals surface area contributed by atoms with E-state index in [0.29, 0.717) is 28.5 Å². The topological polar surface area (TPSA) is 80.6 Å². The van der Waals surface area contributed by atoms with Crippen LogP contribution in [0.3, 0.4) is 0 Å². The van der Waals surface area contributed by atoms with Crippen LogP contribution in [0.4, 0.5) is 5.69 Å². The molecule has 6 nitrogen and oxygen atoms in total. The minimum Gasteiger partial charge on any atom is -0.497 e. The number of nitrogens with zero attached hydrogens (tertiary/aromatic N) is 1. The fraction of sp³-hybridized carbons (Fsp3) is 0.200. The van der Waals surface area contributed by atoms with Crippen LogP contribution in [-0.4, -0.2) is 27.2 Å². The van der Waals surface area contributed by atoms with Crippen LogP contribution in [0.1, 0.15) is 11.1 Å². The van der Waals surface area contributed by atoms with E-state index in [1.807, 2.05) is 13.0 Å². The fourth-order valence-corrected chi connectivity index (χ4v) is 2.36. The molecule has 0 bridgehead atoms. The second kappa shape index (κ2) is 8.58. The summed E-state index contributed by atoms with van der Waals surface area (Å²) >= 11 is 0. The number of nitriles is 1. The first kappa shape index (κ1) is 18.9. The van der Waals surface area contributed by atoms with Crippen molar-refractivity contribution in [3.63, 3.8) is 0 Å². The zero-order valence-corrected chi connectivity index (χ0v) is 15.1. The van der Waals surface area contributed by atoms with Gasteiger partial charge in [-0.15, -0.1) is 0 Å². The van der Waals surface area contributed by atoms with Crippen molar-refractivity contribution in [2.75, 3.05) is 26.6 Å². The molecular formula is C20H20N2O4. The minimum absolute atomic E-state index is 0.0249. The predicted molar refractivity (Wildman–Crippen MR) is 99.5 cm³/mol. The second-order valence-electron chi connectivity index (χ2n) is 5.42. The molecule has 0 fully saturated rings. The van der Waals surface area contributed by atoms with Gasteiger partial charge in [-0.05, 0) is 48.4 Å². The third-order valence-electron chi connectivity index (χ3n) is 3.76. The Morgan fingerprint density at radius 3 is 2.38 bits per heavy atom. The molecule has 1 amide bonds. The van der Waals surface area contributed by atoms with Crippen molar-refractivity contribution in [3.8, 4) is 23.3 Å². The highest BCUT2D eigenvalue weighted by atomic mass is 16.5. The Morgan fingerprint density at radius 1 is 1.08 bits per heavy atom. The Hall–Kier alpha value is -3.46. The standard InChI is InChI=1S/C20H20N2O4/c1-13-8-18(25-3)19(26-4)10-14(13)9-15(12-21)20(23)22-16-6-5-7-17(11-16)24-2/h5-11H,1-4H3,(H,22,23)/b15-9-. The molecule has 26 heavy (non-hydrogen) atoms. The van der Waals surface area contributed by atoms with E-state index in [1.165, 1.54) is 13.2 Å². The molecule has 0 unspecified atom stereocenters. The van der Waals surface area contributed by atoms with Gasteiger partial charge < -0.3 is 19.5 Å². The maximum atomic E-state index is 12.4. The number of rotatable bonds is 6. The first-order valence-electron chi connectivity index (χ1n) is 7.82. The van der Waals surface area contributed by atoms with E-state index < -0.39 is 5.91 Å². The summed E-state index contributed by atoms with van der Waals surface area (Å²) in [5, 5.41) is 12.1. The second-order valence-corrected chi connectivity index (χ2v) is 5.42. The monoisotopic (exact) mass is 352 g/mol. The normalized spacial score (nSPS) is 10.7. The lowest BCUT2D eigenvalue weighted by Gasteiger charge is -2.11. The highest BCUT2D eigenvalue weighted by Gasteiger charge is 2.13. The smallest absolute Gasteiger partial charge is 0.266 e. The van der Waals surface area contributed by atoms with Crippen LogP contribution in [-0.2, 0) is 4.79 Å². The molecule has 0 saturated heterocycles. The largest absolute Gasteiger partial charge is 0.497 e. The third-order valence-corrected chi connectivity index (χ3v) is 3.76. The zero-order chi connectivity index (χ0) is 19.1. The highest BCUT2D eigenvalue weighted by Crippen LogP contribution is 2.31. The summed E-state index contributed by atoms with van der Waals surface area (Å²) in [6, 6.07) is 12.4. The first-order chi connectivity index (χ1) is 12.5. The number of hydrogen-bond donors (Lipinski definition) is 1. The van der Waals surface area contributed by atoms with E-state index in [1.54, 1.807) is 50.6 Å². The molecule has 0 radical (unpaired) electrons. The minimum atomic E-state index is -0.505. The molecule has 2 rings (SSSR count). The molecule has 2 aromatic carbocycles. The van der Waals surface area contributed by atoms with Crippen LogP contribution in [0.5, 0.6) is 17.2 Å². The van der Waals surface area contributed by atoms with E-state index in [4.69, 9.17) is 14.2 Å². The summed E-state index contributed by atoms with van der Waals surface area (Å²) in [6.45, 7) is 1.86. The number of carbonyl (C=O) groups is 1. The van der Waals surface area contributed by atoms with Crippen LogP contribution in [0.15, 0.2) is 42.0 Å². The van der Waals surface area contributed by atoms with Gasteiger partial charge in [-0.3, -0.25) is 4.79 Å². The number of anilines is 1. The molecule has 0 heterocycles. The van der Waals surface area contributed by atoms with Crippen molar-refractivity contribution in [3.05, 3.63) is 53.1 Å². The number of carbonyl (C=O) groups excluding carboxylic acids is 1. The van der Waals surface area contributed by atoms with Crippen molar-refractivity contribution in [2.24, 2.45) is 0 Å². The van der Waals surface area contributed by atoms with E-state index >= 15 is 0 Å². The van der Waals surface area contributed by atoms with Crippen molar-refractivity contribution < 1.29 is 19.0 Å². The number of nitrogens with one attached hydrogen (secondary N) is 1. The first-order valence-corrected chi connectivity index (χ1v) is 7.82. The molecule has 0 atom stereocenters. The number of hydrogen-bond acceptors (Lipinski definition) is 5. The molecule has 0 saturated carbocycles. The van der Waals surface area contributed by atoms with Gasteiger partial charge in [0.05, 0.1) is 21.3 Å². The lowest BCUT2D eigenvalue weighted by molar-refractivity contribution is -0.112. The molecule has 0 aliphatic carbocycles. The average molecular weight is 352 g/mol. The van der Waals surface area contributed by atoms with Gasteiger partial charge in [-0.2, -0.15) is 5.26 Å². The van der Waals surface area contributed by atoms with Crippen molar-refractivity contribution in [1.29, 1.82) is 5.26 Å². The maximum Gasteiger partial charge on any atom is 0.266 e. The van der Waals surface area contributed by atoms with Gasteiger partial charge >= 0.3 is 0 Å². The lowest BCUT2D eigenvalue weighted by atomic mass is 10.0. The van der Waals surface area contributed by atoms with Crippen molar-refractivity contribution in [1.82, 2.24) is 0 Å². The van der Waals surface area contributed by atoms with Gasteiger partial charge in [0.15, 0.2) is 11.5 Å². The third kappa shape index (κ3) is 4.33. The maximum absolute atomic E-state index is 12.4. The molecule has 0 aromatic heterocycles. The Bertz CT molecular complexity index is 882. The van der Waals surface area contributed by atoms with Gasteiger partial charge in [-0.1, -0.05) is 6.07 Å². The van der Waals surface area contributed by atoms with Crippen molar-refractivity contribution in [2.45, 2.75) is 6.92 Å². The molecule has 1 N–H and O–H groups in total. The van der Waals surface area contributed by atoms with Gasteiger partial charge in [0.25, 0.3) is 5.91 Å². The molecule has 2 aromatic rings. The van der Waals surface area contributed by atoms with E-state index in [2.05, 4.69) is 5.32 Å². The molecule has 0 spiro atoms. The number of ether oxygens (including phenoxy) is 3. The van der Waals surface area contributed by atoms with Crippen molar-refractivity contribution >= 4 is 17.7 Å². The number of amides is 1. The quantitative estimate of drug-likeness (QED) is 0.635. The summed E-state index contributed by atoms with van der Waals surface area (Å²) in [4.78, 5) is 12.4. The van der Waals surface area contributed by atoms with E-state index in [9.17, 15) is 10.1 Å². The Labute approximate surface area is 152 Å². The lowest BCUT2D eigenvalue weighted by Crippen LogP contribution is -2.13. The number of benzene rings is 2. The Kier molecular flexibility index (Phi) is 6.23. The molecule has 0 aliphatic heterocycles. The Balaban J connectivity index is 2.32. The van der Waals surface area contributed by atoms with Gasteiger partial charge in [0.2, 0.25) is 0 Å². The van der Waals surface area contributed by atoms with Crippen LogP contribution >= 0.6 is 0 Å². The average Bonchev–Trinajstić information content (AvgIpc) is 2.66. The number of methoxy groups -OCH3 is 3. The van der Waals surface area contributed by atoms with Crippen LogP contribution in [0, 0.1) is 18.3 Å². The summed E-state index contributed by atoms with van der Waals surface area (Å²) < 4.78 is 15.7. The van der Waals surface area contributed by atoms with Crippen LogP contribution in [0.25, 0.3) is 6.08 Å². The SMILES string of the molecule is COc1cccc(NC(=O)/C(C#N)=C\c2cc(OC)c(OC)cc2C)c1. The molecular weight excluding hydrogens is 332 g/mol. The van der Waals surface area contributed by atoms with Crippen LogP contribution < -0.4 is 19.5 Å². The van der Waals surface area contributed by atoms with Gasteiger partial charge in [0.1, 0.15) is 17.4 Å². The van der Waals surface area contributed by atoms with E-state index in [0.717, 1.165) is 5.56 Å². The summed E-state index contributed by atoms with van der Waals surface area (Å²) in [6.07, 6.45) is 1.52. The highest BCUT2D eigenvalue weighted by molar-refractivity contribution is 6.09. The van der Waals surface area contributed by atoms with Crippen LogP contribution in [0.2, 0.25) is 0 Å². The summed E-state index contributed by atoms with van der Waals surface area (Å²) in [5.41, 5.74) is 2.06. The van der Waals surface area contributed by atoms with Gasteiger partial charge in [-0.25, -0.2) is 0 Å². The predicted octanol–water partition coefficient (Wildman–Crippen LogP) is 3.57. The fourth-order valence-electron chi connectivity index (χ4n) is 2.36. The molecule has 134 valence electrons. The summed E-state index contributed by atoms with van der Waals surface area (Å²) in [7, 11) is 4.62. The number of aryl methyl sites for hydroxylation is 1. The van der Waals surface area contributed by atoms with E-state index in [-0.39, 0.29) is 5.57 Å². The molecule has 0 aliphatic rings. The van der Waals surface area contributed by atoms with Gasteiger partial charge in [0, 0.05) is 11.8 Å². The Morgan fingerprint density at radius 2 is 1.77 bits per heavy atom. The summed E-state index contributed by atoms with van der Waals surface area (Å²) in [5.74, 6) is 1.22. The zero-order valence-electron chi connectivity index (χ0n) is 15.1.